The van der Waals surface area contributed by atoms with Gasteiger partial charge in [-0.05, 0) is 18.2 Å². The molecule has 102 valence electrons. The van der Waals surface area contributed by atoms with Crippen LogP contribution in [-0.4, -0.2) is 19.2 Å². The molecule has 0 unspecified atom stereocenters. The number of rotatable bonds is 2. The van der Waals surface area contributed by atoms with Crippen molar-refractivity contribution in [3.63, 3.8) is 0 Å². The number of aromatic nitrogens is 1. The molecular weight excluding hydrogens is 298 g/mol. The number of fused-ring (bicyclic) bond motifs is 2. The van der Waals surface area contributed by atoms with Gasteiger partial charge in [-0.3, -0.25) is 4.79 Å². The molecule has 0 atom stereocenters. The molecule has 1 aliphatic carbocycles. The van der Waals surface area contributed by atoms with Crippen LogP contribution in [0, 0.1) is 0 Å². The van der Waals surface area contributed by atoms with Crippen LogP contribution in [0.5, 0.6) is 11.5 Å². The molecule has 0 spiro atoms. The highest BCUT2D eigenvalue weighted by atomic mass is 35.5. The summed E-state index contributed by atoms with van der Waals surface area (Å²) in [5.41, 5.74) is 1.13. The van der Waals surface area contributed by atoms with Gasteiger partial charge in [-0.1, -0.05) is 11.6 Å². The minimum atomic E-state index is -0.267. The van der Waals surface area contributed by atoms with E-state index in [1.807, 2.05) is 18.2 Å². The fourth-order valence-electron chi connectivity index (χ4n) is 1.98. The van der Waals surface area contributed by atoms with Crippen molar-refractivity contribution in [2.45, 2.75) is 0 Å². The van der Waals surface area contributed by atoms with Gasteiger partial charge in [0.15, 0.2) is 5.75 Å². The summed E-state index contributed by atoms with van der Waals surface area (Å²) in [5, 5.41) is 0.0626. The van der Waals surface area contributed by atoms with Crippen molar-refractivity contribution < 1.29 is 9.47 Å². The Hall–Kier alpha value is -1.85. The second-order valence-electron chi connectivity index (χ2n) is 4.12. The predicted molar refractivity (Wildman–Crippen MR) is 80.6 cm³/mol. The summed E-state index contributed by atoms with van der Waals surface area (Å²) in [6, 6.07) is 7.07. The van der Waals surface area contributed by atoms with Crippen LogP contribution in [0.1, 0.15) is 0 Å². The molecule has 4 nitrogen and oxygen atoms in total. The van der Waals surface area contributed by atoms with Crippen LogP contribution in [0.4, 0.5) is 0 Å². The average molecular weight is 308 g/mol. The molecule has 6 heteroatoms. The third kappa shape index (κ3) is 1.99. The molecule has 0 amide bonds. The van der Waals surface area contributed by atoms with Crippen LogP contribution in [0.15, 0.2) is 29.1 Å². The molecule has 20 heavy (non-hydrogen) atoms. The molecule has 0 aromatic heterocycles. The quantitative estimate of drug-likeness (QED) is 0.681. The molecule has 0 fully saturated rings. The summed E-state index contributed by atoms with van der Waals surface area (Å²) < 4.78 is 11.3. The molecule has 0 N–H and O–H groups in total. The zero-order valence-electron chi connectivity index (χ0n) is 10.8. The van der Waals surface area contributed by atoms with E-state index >= 15 is 0 Å². The monoisotopic (exact) mass is 307 g/mol. The highest BCUT2D eigenvalue weighted by Crippen LogP contribution is 2.39. The van der Waals surface area contributed by atoms with Crippen molar-refractivity contribution in [3.05, 3.63) is 39.5 Å². The highest BCUT2D eigenvalue weighted by Gasteiger charge is 2.19. The van der Waals surface area contributed by atoms with E-state index in [1.54, 1.807) is 7.11 Å². The van der Waals surface area contributed by atoms with E-state index in [-0.39, 0.29) is 10.5 Å². The van der Waals surface area contributed by atoms with Gasteiger partial charge < -0.3 is 9.47 Å². The molecular formula is C14H10ClNO3S. The molecule has 1 heterocycles. The minimum absolute atomic E-state index is 0.0626. The Morgan fingerprint density at radius 2 is 2.00 bits per heavy atom. The summed E-state index contributed by atoms with van der Waals surface area (Å²) in [7, 11) is 3.09. The minimum Gasteiger partial charge on any atom is -0.497 e. The largest absolute Gasteiger partial charge is 0.497 e. The van der Waals surface area contributed by atoms with Gasteiger partial charge >= 0.3 is 0 Å². The first-order chi connectivity index (χ1) is 9.63. The zero-order chi connectivity index (χ0) is 14.3. The number of methoxy groups -OCH3 is 2. The molecule has 1 aliphatic heterocycles. The van der Waals surface area contributed by atoms with Crippen molar-refractivity contribution in [1.29, 1.82) is 0 Å². The van der Waals surface area contributed by atoms with Crippen molar-refractivity contribution in [2.75, 3.05) is 14.2 Å². The molecule has 1 aromatic carbocycles. The van der Waals surface area contributed by atoms with Crippen LogP contribution in [-0.2, 0) is 0 Å². The zero-order valence-corrected chi connectivity index (χ0v) is 12.3. The first-order valence-electron chi connectivity index (χ1n) is 5.79. The van der Waals surface area contributed by atoms with E-state index in [9.17, 15) is 4.79 Å². The van der Waals surface area contributed by atoms with Gasteiger partial charge in [0.1, 0.15) is 16.5 Å². The summed E-state index contributed by atoms with van der Waals surface area (Å²) in [4.78, 5) is 17.1. The Bertz CT molecular complexity index is 831. The van der Waals surface area contributed by atoms with Gasteiger partial charge in [0.25, 0.3) is 0 Å². The average Bonchev–Trinajstić information content (AvgIpc) is 2.46. The van der Waals surface area contributed by atoms with Crippen molar-refractivity contribution in [3.8, 4) is 22.1 Å². The first kappa shape index (κ1) is 13.1. The van der Waals surface area contributed by atoms with Crippen LogP contribution >= 0.6 is 22.9 Å². The third-order valence-corrected chi connectivity index (χ3v) is 4.39. The first-order valence-corrected chi connectivity index (χ1v) is 6.98. The molecule has 0 saturated carbocycles. The van der Waals surface area contributed by atoms with E-state index in [2.05, 4.69) is 4.98 Å². The third-order valence-electron chi connectivity index (χ3n) is 2.95. The van der Waals surface area contributed by atoms with Crippen LogP contribution < -0.4 is 14.9 Å². The Kier molecular flexibility index (Phi) is 3.23. The van der Waals surface area contributed by atoms with Crippen molar-refractivity contribution >= 4 is 33.2 Å². The SMILES string of the molecule is COc1ccc2nc3c(OC)c(Cl)c(=O)cc-3sc2c1. The maximum atomic E-state index is 11.8. The van der Waals surface area contributed by atoms with Gasteiger partial charge in [0.2, 0.25) is 5.43 Å². The van der Waals surface area contributed by atoms with Gasteiger partial charge in [-0.25, -0.2) is 4.98 Å². The van der Waals surface area contributed by atoms with E-state index in [1.165, 1.54) is 24.5 Å². The number of ether oxygens (including phenoxy) is 2. The number of hydrogen-bond acceptors (Lipinski definition) is 5. The van der Waals surface area contributed by atoms with Gasteiger partial charge in [0, 0.05) is 6.07 Å². The Morgan fingerprint density at radius 3 is 2.70 bits per heavy atom. The molecule has 0 saturated heterocycles. The number of benzene rings is 2. The molecule has 1 aromatic rings. The molecule has 0 bridgehead atoms. The number of nitrogens with zero attached hydrogens (tertiary/aromatic N) is 1. The Morgan fingerprint density at radius 1 is 1.20 bits per heavy atom. The second-order valence-corrected chi connectivity index (χ2v) is 5.58. The van der Waals surface area contributed by atoms with E-state index in [0.717, 1.165) is 20.8 Å². The van der Waals surface area contributed by atoms with Gasteiger partial charge in [0.05, 0.1) is 29.3 Å². The lowest BCUT2D eigenvalue weighted by atomic mass is 10.2. The Balaban J connectivity index is 2.41. The fraction of sp³-hybridized carbons (Fsp3) is 0.143. The maximum absolute atomic E-state index is 11.8. The maximum Gasteiger partial charge on any atom is 0.202 e. The summed E-state index contributed by atoms with van der Waals surface area (Å²) in [6.45, 7) is 0. The van der Waals surface area contributed by atoms with Crippen LogP contribution in [0.2, 0.25) is 5.02 Å². The smallest absolute Gasteiger partial charge is 0.202 e. The number of halogens is 1. The normalized spacial score (nSPS) is 10.9. The van der Waals surface area contributed by atoms with Gasteiger partial charge in [-0.2, -0.15) is 0 Å². The van der Waals surface area contributed by atoms with Crippen molar-refractivity contribution in [2.24, 2.45) is 0 Å². The molecule has 2 aliphatic rings. The number of hydrogen-bond donors (Lipinski definition) is 0. The highest BCUT2D eigenvalue weighted by molar-refractivity contribution is 7.21. The lowest BCUT2D eigenvalue weighted by molar-refractivity contribution is 0.415. The van der Waals surface area contributed by atoms with Gasteiger partial charge in [-0.15, -0.1) is 11.3 Å². The van der Waals surface area contributed by atoms with E-state index < -0.39 is 0 Å². The second kappa shape index (κ2) is 4.92. The molecule has 3 rings (SSSR count). The summed E-state index contributed by atoms with van der Waals surface area (Å²) in [5.74, 6) is 1.07. The molecule has 0 radical (unpaired) electrons. The van der Waals surface area contributed by atoms with Crippen molar-refractivity contribution in [1.82, 2.24) is 4.98 Å². The Labute approximate surface area is 123 Å². The van der Waals surface area contributed by atoms with Crippen LogP contribution in [0.25, 0.3) is 20.8 Å². The van der Waals surface area contributed by atoms with E-state index in [0.29, 0.717) is 11.4 Å². The predicted octanol–water partition coefficient (Wildman–Crippen LogP) is 3.43. The topological polar surface area (TPSA) is 48.4 Å². The summed E-state index contributed by atoms with van der Waals surface area (Å²) >= 11 is 7.43. The summed E-state index contributed by atoms with van der Waals surface area (Å²) in [6.07, 6.45) is 0. The van der Waals surface area contributed by atoms with Crippen LogP contribution in [0.3, 0.4) is 0 Å². The lowest BCUT2D eigenvalue weighted by Gasteiger charge is -2.12. The van der Waals surface area contributed by atoms with E-state index in [4.69, 9.17) is 21.1 Å². The fourth-order valence-corrected chi connectivity index (χ4v) is 3.24. The lowest BCUT2D eigenvalue weighted by Crippen LogP contribution is -2.05. The standard InChI is InChI=1S/C14H10ClNO3S/c1-18-7-3-4-8-10(5-7)20-11-6-9(17)12(15)14(19-2)13(11)16-8/h3-6H,1-2H3.